The highest BCUT2D eigenvalue weighted by atomic mass is 28.4. The molecule has 6 heteroatoms. The van der Waals surface area contributed by atoms with E-state index in [1.54, 1.807) is 21.3 Å². The van der Waals surface area contributed by atoms with Crippen LogP contribution >= 0.6 is 0 Å². The van der Waals surface area contributed by atoms with Gasteiger partial charge in [0.1, 0.15) is 0 Å². The minimum atomic E-state index is -2.35. The quantitative estimate of drug-likeness (QED) is 0.124. The third kappa shape index (κ3) is 18.3. The molecule has 0 saturated heterocycles. The predicted octanol–water partition coefficient (Wildman–Crippen LogP) is 7.36. The SMILES string of the molecule is CO[Si](CCCCCCCCCCCCCCCCCCCCC(=O)O)(OC)OC. The average Bonchev–Trinajstić information content (AvgIpc) is 2.75. The lowest BCUT2D eigenvalue weighted by atomic mass is 10.0. The molecular formula is C24H50O5Si. The number of rotatable bonds is 24. The normalized spacial score (nSPS) is 11.8. The van der Waals surface area contributed by atoms with Gasteiger partial charge in [-0.25, -0.2) is 0 Å². The molecule has 0 radical (unpaired) electrons. The molecule has 180 valence electrons. The van der Waals surface area contributed by atoms with E-state index in [-0.39, 0.29) is 0 Å². The predicted molar refractivity (Wildman–Crippen MR) is 127 cm³/mol. The van der Waals surface area contributed by atoms with Crippen molar-refractivity contribution in [1.82, 2.24) is 0 Å². The van der Waals surface area contributed by atoms with E-state index in [4.69, 9.17) is 18.4 Å². The number of hydrogen-bond acceptors (Lipinski definition) is 4. The van der Waals surface area contributed by atoms with E-state index in [0.717, 1.165) is 25.3 Å². The molecule has 0 rings (SSSR count). The van der Waals surface area contributed by atoms with Crippen LogP contribution in [0.1, 0.15) is 122 Å². The van der Waals surface area contributed by atoms with E-state index < -0.39 is 14.8 Å². The Balaban J connectivity index is 3.19. The van der Waals surface area contributed by atoms with Crippen LogP contribution in [0.15, 0.2) is 0 Å². The van der Waals surface area contributed by atoms with Gasteiger partial charge < -0.3 is 18.4 Å². The molecule has 0 atom stereocenters. The minimum Gasteiger partial charge on any atom is -0.481 e. The maximum Gasteiger partial charge on any atom is 0.500 e. The Morgan fingerprint density at radius 1 is 0.533 bits per heavy atom. The molecule has 0 aliphatic rings. The lowest BCUT2D eigenvalue weighted by Gasteiger charge is -2.24. The Morgan fingerprint density at radius 2 is 0.800 bits per heavy atom. The fourth-order valence-corrected chi connectivity index (χ4v) is 5.80. The highest BCUT2D eigenvalue weighted by Crippen LogP contribution is 2.19. The van der Waals surface area contributed by atoms with Crippen molar-refractivity contribution in [3.8, 4) is 0 Å². The van der Waals surface area contributed by atoms with Crippen LogP contribution in [0.4, 0.5) is 0 Å². The number of hydrogen-bond donors (Lipinski definition) is 1. The summed E-state index contributed by atoms with van der Waals surface area (Å²) in [4.78, 5) is 10.4. The summed E-state index contributed by atoms with van der Waals surface area (Å²) in [5.74, 6) is -0.660. The Hall–Kier alpha value is -0.433. The molecule has 0 unspecified atom stereocenters. The average molecular weight is 447 g/mol. The third-order valence-corrected chi connectivity index (χ3v) is 8.89. The first-order valence-corrected chi connectivity index (χ1v) is 14.4. The van der Waals surface area contributed by atoms with Gasteiger partial charge in [-0.1, -0.05) is 103 Å². The van der Waals surface area contributed by atoms with E-state index in [2.05, 4.69) is 0 Å². The standard InChI is InChI=1S/C24H50O5Si/c1-27-30(28-2,29-3)23-21-19-17-15-13-11-9-7-5-4-6-8-10-12-14-16-18-20-22-24(25)26/h4-23H2,1-3H3,(H,25,26). The molecule has 0 heterocycles. The summed E-state index contributed by atoms with van der Waals surface area (Å²) in [7, 11) is 2.72. The van der Waals surface area contributed by atoms with E-state index in [0.29, 0.717) is 6.42 Å². The molecule has 5 nitrogen and oxygen atoms in total. The second kappa shape index (κ2) is 21.8. The van der Waals surface area contributed by atoms with Crippen LogP contribution in [0.3, 0.4) is 0 Å². The Kier molecular flexibility index (Phi) is 21.5. The fourth-order valence-electron chi connectivity index (χ4n) is 4.00. The van der Waals surface area contributed by atoms with Crippen molar-refractivity contribution in [2.45, 2.75) is 128 Å². The first-order valence-electron chi connectivity index (χ1n) is 12.5. The molecule has 0 aromatic rings. The molecule has 0 saturated carbocycles. The summed E-state index contributed by atoms with van der Waals surface area (Å²) in [6.07, 6.45) is 23.5. The monoisotopic (exact) mass is 446 g/mol. The van der Waals surface area contributed by atoms with Crippen LogP contribution in [-0.4, -0.2) is 41.2 Å². The van der Waals surface area contributed by atoms with Crippen LogP contribution in [0.2, 0.25) is 6.04 Å². The van der Waals surface area contributed by atoms with Crippen molar-refractivity contribution < 1.29 is 23.2 Å². The van der Waals surface area contributed by atoms with Gasteiger partial charge in [0.2, 0.25) is 0 Å². The zero-order valence-corrected chi connectivity index (χ0v) is 21.2. The maximum absolute atomic E-state index is 10.4. The molecule has 30 heavy (non-hydrogen) atoms. The third-order valence-electron chi connectivity index (χ3n) is 6.06. The van der Waals surface area contributed by atoms with Crippen molar-refractivity contribution in [2.75, 3.05) is 21.3 Å². The van der Waals surface area contributed by atoms with Crippen molar-refractivity contribution in [1.29, 1.82) is 0 Å². The molecule has 1 N–H and O–H groups in total. The van der Waals surface area contributed by atoms with Crippen molar-refractivity contribution in [3.63, 3.8) is 0 Å². The number of aliphatic carboxylic acids is 1. The topological polar surface area (TPSA) is 65.0 Å². The van der Waals surface area contributed by atoms with Crippen molar-refractivity contribution in [2.24, 2.45) is 0 Å². The molecule has 0 aliphatic carbocycles. The molecular weight excluding hydrogens is 396 g/mol. The van der Waals surface area contributed by atoms with Gasteiger partial charge in [0.05, 0.1) is 0 Å². The number of carboxylic acid groups (broad SMARTS) is 1. The van der Waals surface area contributed by atoms with Crippen LogP contribution in [0.5, 0.6) is 0 Å². The van der Waals surface area contributed by atoms with Crippen LogP contribution in [-0.2, 0) is 18.1 Å². The minimum absolute atomic E-state index is 0.334. The summed E-state index contributed by atoms with van der Waals surface area (Å²) in [6.45, 7) is 0. The smallest absolute Gasteiger partial charge is 0.481 e. The van der Waals surface area contributed by atoms with Gasteiger partial charge in [-0.05, 0) is 12.8 Å². The van der Waals surface area contributed by atoms with E-state index >= 15 is 0 Å². The highest BCUT2D eigenvalue weighted by molar-refractivity contribution is 6.60. The van der Waals surface area contributed by atoms with E-state index in [9.17, 15) is 4.79 Å². The van der Waals surface area contributed by atoms with Gasteiger partial charge in [0.25, 0.3) is 0 Å². The molecule has 0 aliphatic heterocycles. The molecule has 0 aromatic heterocycles. The van der Waals surface area contributed by atoms with Gasteiger partial charge in [0, 0.05) is 33.8 Å². The fraction of sp³-hybridized carbons (Fsp3) is 0.958. The molecule has 0 bridgehead atoms. The number of carbonyl (C=O) groups is 1. The number of carboxylic acids is 1. The first kappa shape index (κ1) is 29.6. The van der Waals surface area contributed by atoms with Crippen LogP contribution in [0.25, 0.3) is 0 Å². The summed E-state index contributed by atoms with van der Waals surface area (Å²) in [5, 5.41) is 8.59. The maximum atomic E-state index is 10.4. The highest BCUT2D eigenvalue weighted by Gasteiger charge is 2.36. The summed E-state index contributed by atoms with van der Waals surface area (Å²) in [5.41, 5.74) is 0. The second-order valence-electron chi connectivity index (χ2n) is 8.55. The van der Waals surface area contributed by atoms with E-state index in [1.807, 2.05) is 0 Å². The van der Waals surface area contributed by atoms with Crippen LogP contribution in [0, 0.1) is 0 Å². The first-order chi connectivity index (χ1) is 14.6. The van der Waals surface area contributed by atoms with Crippen molar-refractivity contribution in [3.05, 3.63) is 0 Å². The molecule has 0 aromatic carbocycles. The largest absolute Gasteiger partial charge is 0.500 e. The lowest BCUT2D eigenvalue weighted by Crippen LogP contribution is -2.42. The number of unbranched alkanes of at least 4 members (excludes halogenated alkanes) is 17. The van der Waals surface area contributed by atoms with Gasteiger partial charge >= 0.3 is 14.8 Å². The Bertz CT molecular complexity index is 366. The molecule has 0 fully saturated rings. The molecule has 0 amide bonds. The summed E-state index contributed by atoms with van der Waals surface area (Å²) >= 11 is 0. The van der Waals surface area contributed by atoms with Gasteiger partial charge in [-0.15, -0.1) is 0 Å². The van der Waals surface area contributed by atoms with Gasteiger partial charge in [-0.2, -0.15) is 0 Å². The van der Waals surface area contributed by atoms with Crippen LogP contribution < -0.4 is 0 Å². The molecule has 0 spiro atoms. The van der Waals surface area contributed by atoms with Gasteiger partial charge in [-0.3, -0.25) is 4.79 Å². The zero-order valence-electron chi connectivity index (χ0n) is 20.2. The Morgan fingerprint density at radius 3 is 1.07 bits per heavy atom. The zero-order chi connectivity index (χ0) is 22.3. The Labute approximate surface area is 187 Å². The van der Waals surface area contributed by atoms with Gasteiger partial charge in [0.15, 0.2) is 0 Å². The van der Waals surface area contributed by atoms with E-state index in [1.165, 1.54) is 96.3 Å². The van der Waals surface area contributed by atoms with Crippen molar-refractivity contribution >= 4 is 14.8 Å². The summed E-state index contributed by atoms with van der Waals surface area (Å²) < 4.78 is 16.4. The summed E-state index contributed by atoms with van der Waals surface area (Å²) in [6, 6.07) is 0.920. The second-order valence-corrected chi connectivity index (χ2v) is 11.6. The lowest BCUT2D eigenvalue weighted by molar-refractivity contribution is -0.137.